The van der Waals surface area contributed by atoms with Crippen LogP contribution in [0.5, 0.6) is 0 Å². The van der Waals surface area contributed by atoms with Crippen LogP contribution in [0.2, 0.25) is 0 Å². The summed E-state index contributed by atoms with van der Waals surface area (Å²) in [6.45, 7) is 4.50. The SMILES string of the molecule is CNC(=O)C(CCC=O)n1c(=O)n(C)c2c(N3CCC(CN4CCN(F)CC4)CC3)c(F)ccc21.NC1CCC1. The van der Waals surface area contributed by atoms with Gasteiger partial charge < -0.3 is 25.6 Å². The number of piperidine rings is 1. The predicted octanol–water partition coefficient (Wildman–Crippen LogP) is 1.96. The normalized spacial score (nSPS) is 20.1. The van der Waals surface area contributed by atoms with Crippen LogP contribution in [0.25, 0.3) is 11.0 Å². The highest BCUT2D eigenvalue weighted by atomic mass is 19.2. The molecule has 1 atom stereocenters. The van der Waals surface area contributed by atoms with E-state index in [1.807, 2.05) is 4.90 Å². The third-order valence-corrected chi connectivity index (χ3v) is 8.50. The maximum absolute atomic E-state index is 15.2. The molecule has 1 amide bonds. The molecule has 0 radical (unpaired) electrons. The van der Waals surface area contributed by atoms with Crippen LogP contribution in [0.15, 0.2) is 16.9 Å². The first-order valence-electron chi connectivity index (χ1n) is 14.4. The van der Waals surface area contributed by atoms with Crippen LogP contribution >= 0.6 is 0 Å². The molecule has 2 saturated heterocycles. The van der Waals surface area contributed by atoms with Gasteiger partial charge in [0.25, 0.3) is 0 Å². The van der Waals surface area contributed by atoms with Crippen molar-refractivity contribution in [3.05, 3.63) is 28.4 Å². The molecule has 40 heavy (non-hydrogen) atoms. The predicted molar refractivity (Wildman–Crippen MR) is 151 cm³/mol. The largest absolute Gasteiger partial charge is 0.367 e. The highest BCUT2D eigenvalue weighted by Crippen LogP contribution is 2.34. The van der Waals surface area contributed by atoms with Gasteiger partial charge in [-0.05, 0) is 50.2 Å². The number of nitrogens with zero attached hydrogens (tertiary/aromatic N) is 5. The third-order valence-electron chi connectivity index (χ3n) is 8.50. The number of aromatic nitrogens is 2. The van der Waals surface area contributed by atoms with Gasteiger partial charge in [0, 0.05) is 72.4 Å². The highest BCUT2D eigenvalue weighted by Gasteiger charge is 2.30. The second-order valence-corrected chi connectivity index (χ2v) is 11.2. The number of carbonyl (C=O) groups excluding carboxylic acids is 2. The lowest BCUT2D eigenvalue weighted by atomic mass is 9.95. The summed E-state index contributed by atoms with van der Waals surface area (Å²) in [5.74, 6) is -0.331. The number of benzene rings is 1. The van der Waals surface area contributed by atoms with Crippen LogP contribution in [-0.2, 0) is 16.6 Å². The standard InChI is InChI=1S/C24H34F2N6O3.C4H9N/c1-27-23(34)20(4-3-15-33)32-19-6-5-18(25)21(22(19)28(2)24(32)35)30-9-7-17(8-10-30)16-29-11-13-31(26)14-12-29;5-4-2-1-3-4/h5-6,15,17,20H,3-4,7-14,16H2,1-2H3,(H,27,34);4H,1-3,5H2. The number of halogens is 2. The van der Waals surface area contributed by atoms with Crippen LogP contribution in [0.3, 0.4) is 0 Å². The maximum Gasteiger partial charge on any atom is 0.329 e. The molecule has 1 unspecified atom stereocenters. The Morgan fingerprint density at radius 2 is 1.77 bits per heavy atom. The Bertz CT molecular complexity index is 1210. The lowest BCUT2D eigenvalue weighted by Crippen LogP contribution is -2.46. The van der Waals surface area contributed by atoms with E-state index in [9.17, 15) is 18.9 Å². The number of imidazole rings is 1. The second kappa shape index (κ2) is 13.7. The number of aldehydes is 1. The maximum atomic E-state index is 15.2. The molecule has 1 aromatic carbocycles. The zero-order chi connectivity index (χ0) is 28.8. The smallest absolute Gasteiger partial charge is 0.329 e. The van der Waals surface area contributed by atoms with Crippen molar-refractivity contribution in [2.45, 2.75) is 57.0 Å². The number of hydrogen-bond donors (Lipinski definition) is 2. The van der Waals surface area contributed by atoms with Gasteiger partial charge >= 0.3 is 5.69 Å². The first-order valence-corrected chi connectivity index (χ1v) is 14.4. The van der Waals surface area contributed by atoms with Gasteiger partial charge in [0.2, 0.25) is 5.91 Å². The van der Waals surface area contributed by atoms with Gasteiger partial charge in [0.1, 0.15) is 18.1 Å². The van der Waals surface area contributed by atoms with Crippen molar-refractivity contribution in [3.8, 4) is 0 Å². The minimum absolute atomic E-state index is 0.128. The molecule has 12 heteroatoms. The van der Waals surface area contributed by atoms with Crippen molar-refractivity contribution in [1.82, 2.24) is 24.5 Å². The molecule has 3 fully saturated rings. The van der Waals surface area contributed by atoms with Crippen molar-refractivity contribution >= 4 is 28.9 Å². The average Bonchev–Trinajstić information content (AvgIpc) is 3.19. The molecule has 1 aromatic heterocycles. The molecule has 2 aliphatic heterocycles. The Morgan fingerprint density at radius 1 is 1.12 bits per heavy atom. The van der Waals surface area contributed by atoms with Crippen LogP contribution in [-0.4, -0.2) is 90.3 Å². The highest BCUT2D eigenvalue weighted by molar-refractivity contribution is 5.92. The molecule has 5 rings (SSSR count). The minimum Gasteiger partial charge on any atom is -0.367 e. The summed E-state index contributed by atoms with van der Waals surface area (Å²) < 4.78 is 31.3. The lowest BCUT2D eigenvalue weighted by molar-refractivity contribution is -0.124. The molecule has 2 aromatic rings. The van der Waals surface area contributed by atoms with E-state index in [-0.39, 0.29) is 18.7 Å². The summed E-state index contributed by atoms with van der Waals surface area (Å²) in [7, 11) is 3.07. The van der Waals surface area contributed by atoms with E-state index in [4.69, 9.17) is 5.73 Å². The number of nitrogens with two attached hydrogens (primary N) is 1. The number of hydrogen-bond acceptors (Lipinski definition) is 7. The van der Waals surface area contributed by atoms with Crippen molar-refractivity contribution in [2.75, 3.05) is 57.8 Å². The number of nitrogens with one attached hydrogen (secondary N) is 1. The Balaban J connectivity index is 0.000000666. The summed E-state index contributed by atoms with van der Waals surface area (Å²) in [4.78, 5) is 41.1. The van der Waals surface area contributed by atoms with Crippen molar-refractivity contribution in [1.29, 1.82) is 0 Å². The molecule has 222 valence electrons. The summed E-state index contributed by atoms with van der Waals surface area (Å²) >= 11 is 0. The zero-order valence-corrected chi connectivity index (χ0v) is 23.7. The van der Waals surface area contributed by atoms with E-state index in [1.54, 1.807) is 7.05 Å². The topological polar surface area (TPSA) is 109 Å². The Morgan fingerprint density at radius 3 is 2.33 bits per heavy atom. The average molecular weight is 564 g/mol. The summed E-state index contributed by atoms with van der Waals surface area (Å²) in [6, 6.07) is 2.57. The van der Waals surface area contributed by atoms with Crippen molar-refractivity contribution in [2.24, 2.45) is 18.7 Å². The van der Waals surface area contributed by atoms with Gasteiger partial charge in [-0.15, -0.1) is 9.60 Å². The molecular weight excluding hydrogens is 520 g/mol. The minimum atomic E-state index is -0.866. The fraction of sp³-hybridized carbons (Fsp3) is 0.679. The fourth-order valence-corrected chi connectivity index (χ4v) is 5.85. The number of likely N-dealkylation sites (N-methyl/N-ethyl adjacent to an activating group) is 1. The molecule has 0 bridgehead atoms. The third kappa shape index (κ3) is 6.72. The van der Waals surface area contributed by atoms with Crippen molar-refractivity contribution in [3.63, 3.8) is 0 Å². The van der Waals surface area contributed by atoms with E-state index >= 15 is 4.39 Å². The quantitative estimate of drug-likeness (QED) is 0.373. The Labute approximate surface area is 234 Å². The Kier molecular flexibility index (Phi) is 10.3. The van der Waals surface area contributed by atoms with Gasteiger partial charge in [-0.1, -0.05) is 6.42 Å². The van der Waals surface area contributed by atoms with E-state index < -0.39 is 17.5 Å². The molecule has 0 spiro atoms. The van der Waals surface area contributed by atoms with Crippen molar-refractivity contribution < 1.29 is 18.5 Å². The number of fused-ring (bicyclic) bond motifs is 1. The van der Waals surface area contributed by atoms with Crippen LogP contribution < -0.4 is 21.6 Å². The number of rotatable bonds is 8. The molecule has 3 heterocycles. The number of carbonyl (C=O) groups is 2. The second-order valence-electron chi connectivity index (χ2n) is 11.2. The first kappa shape index (κ1) is 30.1. The van der Waals surface area contributed by atoms with E-state index in [1.165, 1.54) is 47.6 Å². The van der Waals surface area contributed by atoms with Crippen LogP contribution in [0.4, 0.5) is 14.6 Å². The number of piperazine rings is 1. The van der Waals surface area contributed by atoms with E-state index in [0.717, 1.165) is 43.9 Å². The molecule has 10 nitrogen and oxygen atoms in total. The number of amides is 1. The monoisotopic (exact) mass is 563 g/mol. The fourth-order valence-electron chi connectivity index (χ4n) is 5.85. The molecule has 1 aliphatic carbocycles. The number of aryl methyl sites for hydroxylation is 1. The van der Waals surface area contributed by atoms with Crippen LogP contribution in [0, 0.1) is 11.7 Å². The summed E-state index contributed by atoms with van der Waals surface area (Å²) in [6.07, 6.45) is 6.67. The summed E-state index contributed by atoms with van der Waals surface area (Å²) in [5.41, 5.74) is 6.25. The van der Waals surface area contributed by atoms with Crippen LogP contribution in [0.1, 0.15) is 51.0 Å². The first-order chi connectivity index (χ1) is 19.2. The summed E-state index contributed by atoms with van der Waals surface area (Å²) in [5, 5.41) is 3.42. The van der Waals surface area contributed by atoms with Gasteiger partial charge in [0.15, 0.2) is 0 Å². The molecular formula is C28H43F2N7O3. The van der Waals surface area contributed by atoms with Gasteiger partial charge in [-0.2, -0.15) is 0 Å². The number of anilines is 1. The lowest BCUT2D eigenvalue weighted by Gasteiger charge is -2.38. The molecule has 3 N–H and O–H groups in total. The van der Waals surface area contributed by atoms with Gasteiger partial charge in [-0.25, -0.2) is 9.18 Å². The Hall–Kier alpha value is -2.83. The van der Waals surface area contributed by atoms with E-state index in [2.05, 4.69) is 10.2 Å². The zero-order valence-electron chi connectivity index (χ0n) is 23.7. The molecule has 3 aliphatic rings. The van der Waals surface area contributed by atoms with Gasteiger partial charge in [-0.3, -0.25) is 13.9 Å². The van der Waals surface area contributed by atoms with Gasteiger partial charge in [0.05, 0.1) is 16.7 Å². The van der Waals surface area contributed by atoms with E-state index in [0.29, 0.717) is 54.9 Å². The molecule has 1 saturated carbocycles.